The van der Waals surface area contributed by atoms with E-state index in [0.29, 0.717) is 0 Å². The highest BCUT2D eigenvalue weighted by Gasteiger charge is 2.22. The molecule has 0 bridgehead atoms. The van der Waals surface area contributed by atoms with Crippen LogP contribution < -0.4 is 11.1 Å². The van der Waals surface area contributed by atoms with E-state index < -0.39 is 6.29 Å². The number of fused-ring (bicyclic) bond motifs is 1. The van der Waals surface area contributed by atoms with E-state index in [1.54, 1.807) is 0 Å². The lowest BCUT2D eigenvalue weighted by Gasteiger charge is -2.32. The predicted octanol–water partition coefficient (Wildman–Crippen LogP) is 4.28. The van der Waals surface area contributed by atoms with Crippen molar-refractivity contribution in [1.29, 1.82) is 0 Å². The summed E-state index contributed by atoms with van der Waals surface area (Å²) in [4.78, 5) is 9.92. The number of nitrogens with one attached hydrogen (secondary N) is 2. The summed E-state index contributed by atoms with van der Waals surface area (Å²) in [5.74, 6) is 0.789. The zero-order valence-electron chi connectivity index (χ0n) is 16.9. The molecule has 3 aromatic rings. The Kier molecular flexibility index (Phi) is 5.35. The maximum absolute atomic E-state index is 6.34. The van der Waals surface area contributed by atoms with E-state index in [9.17, 15) is 0 Å². The van der Waals surface area contributed by atoms with E-state index in [0.717, 1.165) is 39.6 Å². The molecule has 0 spiro atoms. The molecule has 1 aromatic heterocycles. The van der Waals surface area contributed by atoms with Crippen molar-refractivity contribution in [2.45, 2.75) is 32.6 Å². The molecule has 0 aliphatic carbocycles. The fourth-order valence-electron chi connectivity index (χ4n) is 3.81. The van der Waals surface area contributed by atoms with Crippen LogP contribution in [0.3, 0.4) is 0 Å². The maximum atomic E-state index is 6.34. The van der Waals surface area contributed by atoms with Crippen molar-refractivity contribution < 1.29 is 0 Å². The van der Waals surface area contributed by atoms with Gasteiger partial charge in [0.25, 0.3) is 0 Å². The lowest BCUT2D eigenvalue weighted by Crippen LogP contribution is -2.44. The lowest BCUT2D eigenvalue weighted by molar-refractivity contribution is 0.361. The Hall–Kier alpha value is -2.76. The average Bonchev–Trinajstić information content (AvgIpc) is 3.10. The van der Waals surface area contributed by atoms with Crippen LogP contribution >= 0.6 is 11.6 Å². The van der Waals surface area contributed by atoms with E-state index in [1.807, 2.05) is 43.1 Å². The molecular formula is C23H26ClN5. The standard InChI is InChI=1S/C23H26ClN5/c1-14(11-16-13-26-20-10-5-4-7-18(16)20)27-22-12-21(29(3)23(25)28-22)17-8-6-9-19(24)15(17)2/h4-10,12-14,23,26H,11,25H2,1-3H3,(H,27,28). The molecule has 0 saturated carbocycles. The summed E-state index contributed by atoms with van der Waals surface area (Å²) in [6.45, 7) is 4.18. The zero-order chi connectivity index (χ0) is 20.5. The Morgan fingerprint density at radius 1 is 1.24 bits per heavy atom. The van der Waals surface area contributed by atoms with Gasteiger partial charge in [0.15, 0.2) is 6.29 Å². The van der Waals surface area contributed by atoms with Gasteiger partial charge in [0.05, 0.1) is 5.70 Å². The summed E-state index contributed by atoms with van der Waals surface area (Å²) in [7, 11) is 1.95. The molecular weight excluding hydrogens is 382 g/mol. The zero-order valence-corrected chi connectivity index (χ0v) is 17.7. The quantitative estimate of drug-likeness (QED) is 0.604. The van der Waals surface area contributed by atoms with Crippen molar-refractivity contribution in [3.8, 4) is 0 Å². The summed E-state index contributed by atoms with van der Waals surface area (Å²) in [6.07, 6.45) is 4.57. The first-order chi connectivity index (χ1) is 13.9. The van der Waals surface area contributed by atoms with Crippen LogP contribution in [0.2, 0.25) is 5.02 Å². The van der Waals surface area contributed by atoms with E-state index in [2.05, 4.69) is 52.7 Å². The molecule has 1 aliphatic rings. The molecule has 2 unspecified atom stereocenters. The Balaban J connectivity index is 1.56. The van der Waals surface area contributed by atoms with Crippen LogP contribution in [0.5, 0.6) is 0 Å². The minimum Gasteiger partial charge on any atom is -0.367 e. The first-order valence-electron chi connectivity index (χ1n) is 9.79. The minimum atomic E-state index is -0.448. The smallest absolute Gasteiger partial charge is 0.175 e. The minimum absolute atomic E-state index is 0.196. The molecule has 2 atom stereocenters. The molecule has 6 heteroatoms. The van der Waals surface area contributed by atoms with Gasteiger partial charge in [-0.25, -0.2) is 4.99 Å². The number of H-pyrrole nitrogens is 1. The topological polar surface area (TPSA) is 69.4 Å². The van der Waals surface area contributed by atoms with E-state index in [4.69, 9.17) is 17.3 Å². The largest absolute Gasteiger partial charge is 0.367 e. The summed E-state index contributed by atoms with van der Waals surface area (Å²) < 4.78 is 0. The van der Waals surface area contributed by atoms with Crippen molar-refractivity contribution in [3.63, 3.8) is 0 Å². The molecule has 29 heavy (non-hydrogen) atoms. The normalized spacial score (nSPS) is 17.8. The Bertz CT molecular complexity index is 1100. The molecule has 0 saturated heterocycles. The van der Waals surface area contributed by atoms with Crippen LogP contribution in [-0.2, 0) is 6.42 Å². The van der Waals surface area contributed by atoms with Gasteiger partial charge in [-0.3, -0.25) is 5.73 Å². The van der Waals surface area contributed by atoms with Crippen LogP contribution in [0.4, 0.5) is 0 Å². The van der Waals surface area contributed by atoms with Crippen LogP contribution in [-0.4, -0.2) is 35.1 Å². The lowest BCUT2D eigenvalue weighted by atomic mass is 10.0. The number of para-hydroxylation sites is 1. The summed E-state index contributed by atoms with van der Waals surface area (Å²) in [5, 5.41) is 5.53. The molecule has 0 fully saturated rings. The highest BCUT2D eigenvalue weighted by Crippen LogP contribution is 2.29. The summed E-state index contributed by atoms with van der Waals surface area (Å²) >= 11 is 6.34. The van der Waals surface area contributed by atoms with Crippen LogP contribution in [0.15, 0.2) is 59.7 Å². The second kappa shape index (κ2) is 7.93. The highest BCUT2D eigenvalue weighted by molar-refractivity contribution is 6.31. The number of nitrogens with zero attached hydrogens (tertiary/aromatic N) is 2. The van der Waals surface area contributed by atoms with Crippen LogP contribution in [0, 0.1) is 6.92 Å². The molecule has 2 aromatic carbocycles. The SMILES string of the molecule is Cc1c(Cl)cccc1C1=CC(NC(C)Cc2c[nH]c3ccccc23)=NC(N)N1C. The van der Waals surface area contributed by atoms with Gasteiger partial charge in [0.1, 0.15) is 5.84 Å². The Morgan fingerprint density at radius 2 is 2.03 bits per heavy atom. The molecule has 4 N–H and O–H groups in total. The number of aromatic amines is 1. The van der Waals surface area contributed by atoms with Gasteiger partial charge >= 0.3 is 0 Å². The number of benzene rings is 2. The van der Waals surface area contributed by atoms with Gasteiger partial charge in [0.2, 0.25) is 0 Å². The number of hydrogen-bond donors (Lipinski definition) is 3. The van der Waals surface area contributed by atoms with Crippen molar-refractivity contribution in [2.24, 2.45) is 10.7 Å². The van der Waals surface area contributed by atoms with Gasteiger partial charge in [-0.15, -0.1) is 0 Å². The number of nitrogens with two attached hydrogens (primary N) is 1. The second-order valence-corrected chi connectivity index (χ2v) is 8.00. The number of aliphatic imine (C=N–C) groups is 1. The highest BCUT2D eigenvalue weighted by atomic mass is 35.5. The van der Waals surface area contributed by atoms with Crippen molar-refractivity contribution in [3.05, 3.63) is 76.5 Å². The molecule has 0 radical (unpaired) electrons. The fraction of sp³-hybridized carbons (Fsp3) is 0.261. The van der Waals surface area contributed by atoms with E-state index in [1.165, 1.54) is 10.9 Å². The molecule has 150 valence electrons. The molecule has 4 rings (SSSR count). The first kappa shape index (κ1) is 19.6. The van der Waals surface area contributed by atoms with Crippen molar-refractivity contribution in [2.75, 3.05) is 7.05 Å². The van der Waals surface area contributed by atoms with Crippen molar-refractivity contribution >= 4 is 34.0 Å². The third-order valence-electron chi connectivity index (χ3n) is 5.46. The molecule has 2 heterocycles. The van der Waals surface area contributed by atoms with Gasteiger partial charge in [-0.05, 0) is 43.5 Å². The fourth-order valence-corrected chi connectivity index (χ4v) is 3.98. The van der Waals surface area contributed by atoms with Gasteiger partial charge in [-0.2, -0.15) is 0 Å². The van der Waals surface area contributed by atoms with E-state index in [-0.39, 0.29) is 6.04 Å². The Labute approximate surface area is 176 Å². The second-order valence-electron chi connectivity index (χ2n) is 7.59. The maximum Gasteiger partial charge on any atom is 0.175 e. The van der Waals surface area contributed by atoms with Gasteiger partial charge in [0, 0.05) is 46.9 Å². The average molecular weight is 408 g/mol. The Morgan fingerprint density at radius 3 is 2.86 bits per heavy atom. The van der Waals surface area contributed by atoms with Crippen LogP contribution in [0.25, 0.3) is 16.6 Å². The summed E-state index contributed by atoms with van der Waals surface area (Å²) in [5.41, 5.74) is 11.8. The number of halogens is 1. The summed E-state index contributed by atoms with van der Waals surface area (Å²) in [6, 6.07) is 14.5. The van der Waals surface area contributed by atoms with Crippen LogP contribution in [0.1, 0.15) is 23.6 Å². The molecule has 0 amide bonds. The van der Waals surface area contributed by atoms with E-state index >= 15 is 0 Å². The van der Waals surface area contributed by atoms with Gasteiger partial charge < -0.3 is 15.2 Å². The molecule has 1 aliphatic heterocycles. The number of hydrogen-bond acceptors (Lipinski definition) is 4. The number of amidine groups is 1. The third-order valence-corrected chi connectivity index (χ3v) is 5.87. The monoisotopic (exact) mass is 407 g/mol. The predicted molar refractivity (Wildman–Crippen MR) is 122 cm³/mol. The van der Waals surface area contributed by atoms with Crippen molar-refractivity contribution in [1.82, 2.24) is 15.2 Å². The third kappa shape index (κ3) is 3.88. The number of aromatic nitrogens is 1. The molecule has 5 nitrogen and oxygen atoms in total. The first-order valence-corrected chi connectivity index (χ1v) is 10.2. The number of rotatable bonds is 4. The van der Waals surface area contributed by atoms with Gasteiger partial charge in [-0.1, -0.05) is 41.9 Å².